The van der Waals surface area contributed by atoms with Crippen molar-refractivity contribution in [2.75, 3.05) is 0 Å². The van der Waals surface area contributed by atoms with Crippen molar-refractivity contribution in [1.82, 2.24) is 0 Å². The zero-order chi connectivity index (χ0) is 16.8. The molecular weight excluding hydrogens is 311 g/mol. The first-order chi connectivity index (χ1) is 10.8. The first-order valence-electron chi connectivity index (χ1n) is 6.65. The maximum Gasteiger partial charge on any atom is 0.418 e. The van der Waals surface area contributed by atoms with Gasteiger partial charge in [0.25, 0.3) is 5.69 Å². The highest BCUT2D eigenvalue weighted by Gasteiger charge is 2.42. The van der Waals surface area contributed by atoms with E-state index in [1.165, 1.54) is 48.5 Å². The molecule has 1 unspecified atom stereocenters. The minimum atomic E-state index is -4.87. The number of hydrogen-bond donors (Lipinski definition) is 1. The van der Waals surface area contributed by atoms with Crippen molar-refractivity contribution in [3.05, 3.63) is 64.2 Å². The van der Waals surface area contributed by atoms with E-state index in [9.17, 15) is 28.4 Å². The third kappa shape index (κ3) is 2.39. The number of non-ortho nitro benzene ring substituents is 1. The molecule has 3 rings (SSSR count). The molecule has 0 aliphatic carbocycles. The number of benzene rings is 3. The van der Waals surface area contributed by atoms with Crippen LogP contribution in [0.3, 0.4) is 0 Å². The summed E-state index contributed by atoms with van der Waals surface area (Å²) >= 11 is 0. The molecule has 1 N–H and O–H groups in total. The monoisotopic (exact) mass is 321 g/mol. The van der Waals surface area contributed by atoms with Gasteiger partial charge in [-0.3, -0.25) is 10.1 Å². The standard InChI is InChI=1S/C16H10F3NO3/c17-16(18,19)15(21)13-9-5-1-3-7-11(9)14(20(22)23)12-8-4-2-6-10(12)13/h1-8,15,21H. The van der Waals surface area contributed by atoms with Crippen LogP contribution < -0.4 is 0 Å². The van der Waals surface area contributed by atoms with Crippen molar-refractivity contribution >= 4 is 27.2 Å². The molecule has 0 saturated carbocycles. The van der Waals surface area contributed by atoms with E-state index < -0.39 is 17.2 Å². The minimum Gasteiger partial charge on any atom is -0.379 e. The highest BCUT2D eigenvalue weighted by atomic mass is 19.4. The summed E-state index contributed by atoms with van der Waals surface area (Å²) in [5.74, 6) is 0. The van der Waals surface area contributed by atoms with Crippen LogP contribution in [0.2, 0.25) is 0 Å². The Labute approximate surface area is 127 Å². The maximum atomic E-state index is 13.1. The summed E-state index contributed by atoms with van der Waals surface area (Å²) in [5.41, 5.74) is -0.636. The molecule has 0 spiro atoms. The van der Waals surface area contributed by atoms with Crippen molar-refractivity contribution < 1.29 is 23.2 Å². The Morgan fingerprint density at radius 2 is 1.30 bits per heavy atom. The topological polar surface area (TPSA) is 63.4 Å². The zero-order valence-corrected chi connectivity index (χ0v) is 11.5. The van der Waals surface area contributed by atoms with Crippen LogP contribution in [0.5, 0.6) is 0 Å². The molecule has 0 heterocycles. The van der Waals surface area contributed by atoms with Gasteiger partial charge in [0, 0.05) is 5.56 Å². The molecule has 0 aliphatic heterocycles. The van der Waals surface area contributed by atoms with Crippen LogP contribution in [0.15, 0.2) is 48.5 Å². The summed E-state index contributed by atoms with van der Waals surface area (Å²) in [4.78, 5) is 10.8. The van der Waals surface area contributed by atoms with Gasteiger partial charge in [0.2, 0.25) is 0 Å². The number of alkyl halides is 3. The van der Waals surface area contributed by atoms with Crippen LogP contribution >= 0.6 is 0 Å². The third-order valence-electron chi connectivity index (χ3n) is 3.71. The van der Waals surface area contributed by atoms with Crippen molar-refractivity contribution in [3.8, 4) is 0 Å². The van der Waals surface area contributed by atoms with E-state index in [1.54, 1.807) is 0 Å². The van der Waals surface area contributed by atoms with Crippen molar-refractivity contribution in [1.29, 1.82) is 0 Å². The van der Waals surface area contributed by atoms with E-state index in [0.717, 1.165) is 0 Å². The van der Waals surface area contributed by atoms with Crippen molar-refractivity contribution in [2.45, 2.75) is 12.3 Å². The van der Waals surface area contributed by atoms with Crippen LogP contribution in [0.4, 0.5) is 18.9 Å². The molecule has 3 aromatic carbocycles. The van der Waals surface area contributed by atoms with E-state index in [-0.39, 0.29) is 32.8 Å². The average Bonchev–Trinajstić information content (AvgIpc) is 2.50. The molecular formula is C16H10F3NO3. The van der Waals surface area contributed by atoms with E-state index in [4.69, 9.17) is 0 Å². The second-order valence-electron chi connectivity index (χ2n) is 5.05. The van der Waals surface area contributed by atoms with Crippen molar-refractivity contribution in [3.63, 3.8) is 0 Å². The Bertz CT molecular complexity index is 864. The first kappa shape index (κ1) is 15.2. The van der Waals surface area contributed by atoms with Crippen LogP contribution in [0.25, 0.3) is 21.5 Å². The Morgan fingerprint density at radius 1 is 0.913 bits per heavy atom. The van der Waals surface area contributed by atoms with Gasteiger partial charge in [-0.1, -0.05) is 36.4 Å². The zero-order valence-electron chi connectivity index (χ0n) is 11.5. The smallest absolute Gasteiger partial charge is 0.379 e. The Hall–Kier alpha value is -2.67. The van der Waals surface area contributed by atoms with Gasteiger partial charge in [-0.15, -0.1) is 0 Å². The fraction of sp³-hybridized carbons (Fsp3) is 0.125. The fourth-order valence-corrected chi connectivity index (χ4v) is 2.79. The summed E-state index contributed by atoms with van der Waals surface area (Å²) in [6, 6.07) is 11.4. The van der Waals surface area contributed by atoms with E-state index >= 15 is 0 Å². The summed E-state index contributed by atoms with van der Waals surface area (Å²) in [6.45, 7) is 0. The molecule has 7 heteroatoms. The molecule has 118 valence electrons. The summed E-state index contributed by atoms with van der Waals surface area (Å²) in [5, 5.41) is 21.4. The van der Waals surface area contributed by atoms with Gasteiger partial charge in [-0.25, -0.2) is 0 Å². The first-order valence-corrected chi connectivity index (χ1v) is 6.65. The summed E-state index contributed by atoms with van der Waals surface area (Å²) < 4.78 is 39.2. The van der Waals surface area contributed by atoms with Gasteiger partial charge in [0.1, 0.15) is 0 Å². The average molecular weight is 321 g/mol. The Kier molecular flexibility index (Phi) is 3.45. The van der Waals surface area contributed by atoms with Gasteiger partial charge in [-0.2, -0.15) is 13.2 Å². The number of aliphatic hydroxyl groups excluding tert-OH is 1. The number of nitro benzene ring substituents is 1. The minimum absolute atomic E-state index is 0.0164. The number of aliphatic hydroxyl groups is 1. The van der Waals surface area contributed by atoms with Gasteiger partial charge < -0.3 is 5.11 Å². The van der Waals surface area contributed by atoms with E-state index in [2.05, 4.69) is 0 Å². The SMILES string of the molecule is O=[N+]([O-])c1c2ccccc2c(C(O)C(F)(F)F)c2ccccc12. The van der Waals surface area contributed by atoms with Gasteiger partial charge in [0.05, 0.1) is 15.7 Å². The lowest BCUT2D eigenvalue weighted by Gasteiger charge is -2.19. The molecule has 0 amide bonds. The predicted molar refractivity (Wildman–Crippen MR) is 79.1 cm³/mol. The van der Waals surface area contributed by atoms with Crippen molar-refractivity contribution in [2.24, 2.45) is 0 Å². The van der Waals surface area contributed by atoms with Gasteiger partial charge >= 0.3 is 6.18 Å². The number of nitrogens with zero attached hydrogens (tertiary/aromatic N) is 1. The lowest BCUT2D eigenvalue weighted by atomic mass is 9.91. The summed E-state index contributed by atoms with van der Waals surface area (Å²) in [6.07, 6.45) is -7.60. The number of fused-ring (bicyclic) bond motifs is 2. The van der Waals surface area contributed by atoms with Gasteiger partial charge in [0.15, 0.2) is 6.10 Å². The highest BCUT2D eigenvalue weighted by Crippen LogP contribution is 2.44. The van der Waals surface area contributed by atoms with Crippen LogP contribution in [-0.2, 0) is 0 Å². The summed E-state index contributed by atoms with van der Waals surface area (Å²) in [7, 11) is 0. The molecule has 1 atom stereocenters. The molecule has 0 aliphatic rings. The molecule has 0 radical (unpaired) electrons. The second kappa shape index (κ2) is 5.20. The lowest BCUT2D eigenvalue weighted by Crippen LogP contribution is -2.21. The largest absolute Gasteiger partial charge is 0.418 e. The molecule has 0 aromatic heterocycles. The molecule has 0 saturated heterocycles. The quantitative estimate of drug-likeness (QED) is 0.429. The van der Waals surface area contributed by atoms with Crippen LogP contribution in [0, 0.1) is 10.1 Å². The Balaban J connectivity index is 2.57. The lowest BCUT2D eigenvalue weighted by molar-refractivity contribution is -0.381. The Morgan fingerprint density at radius 3 is 1.65 bits per heavy atom. The molecule has 23 heavy (non-hydrogen) atoms. The van der Waals surface area contributed by atoms with Gasteiger partial charge in [-0.05, 0) is 22.9 Å². The number of halogens is 3. The number of hydrogen-bond acceptors (Lipinski definition) is 3. The van der Waals surface area contributed by atoms with Crippen LogP contribution in [0.1, 0.15) is 11.7 Å². The highest BCUT2D eigenvalue weighted by molar-refractivity contribution is 6.11. The molecule has 0 fully saturated rings. The van der Waals surface area contributed by atoms with E-state index in [0.29, 0.717) is 0 Å². The molecule has 0 bridgehead atoms. The number of nitro groups is 1. The second-order valence-corrected chi connectivity index (χ2v) is 5.05. The number of rotatable bonds is 2. The molecule has 3 aromatic rings. The normalized spacial score (nSPS) is 13.4. The fourth-order valence-electron chi connectivity index (χ4n) is 2.79. The van der Waals surface area contributed by atoms with Crippen LogP contribution in [-0.4, -0.2) is 16.2 Å². The third-order valence-corrected chi connectivity index (χ3v) is 3.71. The molecule has 4 nitrogen and oxygen atoms in total. The maximum absolute atomic E-state index is 13.1. The van der Waals surface area contributed by atoms with E-state index in [1.807, 2.05) is 0 Å². The predicted octanol–water partition coefficient (Wildman–Crippen LogP) is 4.50.